The minimum absolute atomic E-state index is 0.108. The van der Waals surface area contributed by atoms with Crippen molar-refractivity contribution in [1.29, 1.82) is 0 Å². The van der Waals surface area contributed by atoms with Gasteiger partial charge in [0.05, 0.1) is 25.2 Å². The Labute approximate surface area is 166 Å². The average Bonchev–Trinajstić information content (AvgIpc) is 2.75. The maximum absolute atomic E-state index is 12.6. The van der Waals surface area contributed by atoms with Crippen LogP contribution in [0, 0.1) is 10.1 Å². The van der Waals surface area contributed by atoms with E-state index in [2.05, 4.69) is 0 Å². The van der Waals surface area contributed by atoms with Gasteiger partial charge in [-0.15, -0.1) is 0 Å². The van der Waals surface area contributed by atoms with E-state index in [1.165, 1.54) is 20.3 Å². The Balaban J connectivity index is 1.78. The van der Waals surface area contributed by atoms with Gasteiger partial charge < -0.3 is 19.1 Å². The molecule has 2 aromatic rings. The van der Waals surface area contributed by atoms with Crippen molar-refractivity contribution >= 4 is 23.3 Å². The lowest BCUT2D eigenvalue weighted by Gasteiger charge is -2.29. The van der Waals surface area contributed by atoms with Gasteiger partial charge in [-0.3, -0.25) is 14.9 Å². The van der Waals surface area contributed by atoms with Crippen LogP contribution in [-0.4, -0.2) is 44.2 Å². The number of nitro groups is 1. The molecule has 0 spiro atoms. The number of benzene rings is 2. The Morgan fingerprint density at radius 3 is 2.52 bits per heavy atom. The molecule has 0 saturated heterocycles. The van der Waals surface area contributed by atoms with Crippen molar-refractivity contribution in [3.05, 3.63) is 57.6 Å². The van der Waals surface area contributed by atoms with Crippen LogP contribution < -0.4 is 14.4 Å². The molecule has 2 aromatic carbocycles. The average molecular weight is 400 g/mol. The van der Waals surface area contributed by atoms with Crippen molar-refractivity contribution in [3.8, 4) is 11.5 Å². The second-order valence-electron chi connectivity index (χ2n) is 6.34. The van der Waals surface area contributed by atoms with E-state index in [0.29, 0.717) is 6.54 Å². The number of hydrogen-bond donors (Lipinski definition) is 0. The molecule has 0 fully saturated rings. The molecule has 9 heteroatoms. The number of fused-ring (bicyclic) bond motifs is 1. The van der Waals surface area contributed by atoms with Gasteiger partial charge in [0.15, 0.2) is 18.1 Å². The predicted molar refractivity (Wildman–Crippen MR) is 104 cm³/mol. The predicted octanol–water partition coefficient (Wildman–Crippen LogP) is 2.75. The molecule has 1 aliphatic rings. The standard InChI is InChI=1S/C20H20N2O7/c1-27-17-10-14(16(22(25)26)11-18(17)28-2)20(24)29-12-19(23)21-9-5-7-13-6-3-4-8-15(13)21/h3-4,6,8,10-11H,5,7,9,12H2,1-2H3. The molecule has 0 bridgehead atoms. The quantitative estimate of drug-likeness (QED) is 0.417. The van der Waals surface area contributed by atoms with Crippen molar-refractivity contribution in [1.82, 2.24) is 0 Å². The summed E-state index contributed by atoms with van der Waals surface area (Å²) in [5.41, 5.74) is 1.02. The first kappa shape index (κ1) is 20.1. The molecule has 0 aromatic heterocycles. The van der Waals surface area contributed by atoms with Crippen LogP contribution in [0.2, 0.25) is 0 Å². The van der Waals surface area contributed by atoms with Crippen molar-refractivity contribution in [2.24, 2.45) is 0 Å². The van der Waals surface area contributed by atoms with Gasteiger partial charge in [-0.2, -0.15) is 0 Å². The van der Waals surface area contributed by atoms with Crippen LogP contribution in [0.25, 0.3) is 0 Å². The molecule has 1 amide bonds. The molecule has 3 rings (SSSR count). The molecule has 0 radical (unpaired) electrons. The Hall–Kier alpha value is -3.62. The SMILES string of the molecule is COc1cc(C(=O)OCC(=O)N2CCCc3ccccc32)c([N+](=O)[O-])cc1OC. The number of para-hydroxylation sites is 1. The Morgan fingerprint density at radius 1 is 1.14 bits per heavy atom. The fourth-order valence-corrected chi connectivity index (χ4v) is 3.26. The highest BCUT2D eigenvalue weighted by atomic mass is 16.6. The van der Waals surface area contributed by atoms with Gasteiger partial charge in [0.1, 0.15) is 5.56 Å². The second-order valence-corrected chi connectivity index (χ2v) is 6.34. The highest BCUT2D eigenvalue weighted by Gasteiger charge is 2.28. The summed E-state index contributed by atoms with van der Waals surface area (Å²) in [6.07, 6.45) is 1.68. The maximum Gasteiger partial charge on any atom is 0.345 e. The van der Waals surface area contributed by atoms with E-state index >= 15 is 0 Å². The molecular weight excluding hydrogens is 380 g/mol. The van der Waals surface area contributed by atoms with Crippen LogP contribution in [0.3, 0.4) is 0 Å². The number of hydrogen-bond acceptors (Lipinski definition) is 7. The summed E-state index contributed by atoms with van der Waals surface area (Å²) in [6.45, 7) is -0.0113. The number of carbonyl (C=O) groups excluding carboxylic acids is 2. The summed E-state index contributed by atoms with van der Waals surface area (Å²) < 4.78 is 15.2. The zero-order valence-corrected chi connectivity index (χ0v) is 16.0. The van der Waals surface area contributed by atoms with Crippen LogP contribution in [-0.2, 0) is 16.0 Å². The number of ether oxygens (including phenoxy) is 3. The van der Waals surface area contributed by atoms with Crippen molar-refractivity contribution in [3.63, 3.8) is 0 Å². The number of amides is 1. The molecule has 0 saturated carbocycles. The minimum atomic E-state index is -0.990. The first-order valence-corrected chi connectivity index (χ1v) is 8.92. The van der Waals surface area contributed by atoms with Gasteiger partial charge in [-0.05, 0) is 24.5 Å². The molecule has 0 aliphatic carbocycles. The molecule has 0 N–H and O–H groups in total. The van der Waals surface area contributed by atoms with Crippen LogP contribution >= 0.6 is 0 Å². The van der Waals surface area contributed by atoms with Crippen LogP contribution in [0.15, 0.2) is 36.4 Å². The zero-order chi connectivity index (χ0) is 21.0. The van der Waals surface area contributed by atoms with E-state index in [4.69, 9.17) is 14.2 Å². The third-order valence-corrected chi connectivity index (χ3v) is 4.66. The van der Waals surface area contributed by atoms with Crippen molar-refractivity contribution < 1.29 is 28.7 Å². The molecular formula is C20H20N2O7. The van der Waals surface area contributed by atoms with Crippen LogP contribution in [0.5, 0.6) is 11.5 Å². The lowest BCUT2D eigenvalue weighted by molar-refractivity contribution is -0.385. The number of carbonyl (C=O) groups is 2. The highest BCUT2D eigenvalue weighted by molar-refractivity contribution is 5.99. The van der Waals surface area contributed by atoms with E-state index in [1.807, 2.05) is 24.3 Å². The number of rotatable bonds is 6. The highest BCUT2D eigenvalue weighted by Crippen LogP contribution is 2.35. The monoisotopic (exact) mass is 400 g/mol. The molecule has 1 aliphatic heterocycles. The summed E-state index contributed by atoms with van der Waals surface area (Å²) >= 11 is 0. The zero-order valence-electron chi connectivity index (χ0n) is 16.0. The third kappa shape index (κ3) is 4.13. The summed E-state index contributed by atoms with van der Waals surface area (Å²) in [5.74, 6) is -1.14. The smallest absolute Gasteiger partial charge is 0.345 e. The number of nitro benzene ring substituents is 1. The number of esters is 1. The van der Waals surface area contributed by atoms with Gasteiger partial charge >= 0.3 is 5.97 Å². The number of aryl methyl sites for hydroxylation is 1. The molecule has 1 heterocycles. The fraction of sp³-hybridized carbons (Fsp3) is 0.300. The number of methoxy groups -OCH3 is 2. The molecule has 0 unspecified atom stereocenters. The third-order valence-electron chi connectivity index (χ3n) is 4.66. The van der Waals surface area contributed by atoms with E-state index in [-0.39, 0.29) is 17.1 Å². The summed E-state index contributed by atoms with van der Waals surface area (Å²) in [5, 5.41) is 11.3. The van der Waals surface area contributed by atoms with E-state index in [1.54, 1.807) is 4.90 Å². The lowest BCUT2D eigenvalue weighted by atomic mass is 10.0. The largest absolute Gasteiger partial charge is 0.493 e. The van der Waals surface area contributed by atoms with Gasteiger partial charge in [0.2, 0.25) is 0 Å². The normalized spacial score (nSPS) is 12.7. The summed E-state index contributed by atoms with van der Waals surface area (Å²) in [6, 6.07) is 9.78. The fourth-order valence-electron chi connectivity index (χ4n) is 3.26. The van der Waals surface area contributed by atoms with Crippen molar-refractivity contribution in [2.75, 3.05) is 32.3 Å². The molecule has 9 nitrogen and oxygen atoms in total. The van der Waals surface area contributed by atoms with Gasteiger partial charge in [-0.25, -0.2) is 4.79 Å². The van der Waals surface area contributed by atoms with E-state index in [9.17, 15) is 19.7 Å². The molecule has 0 atom stereocenters. The summed E-state index contributed by atoms with van der Waals surface area (Å²) in [7, 11) is 2.67. The van der Waals surface area contributed by atoms with Crippen molar-refractivity contribution in [2.45, 2.75) is 12.8 Å². The van der Waals surface area contributed by atoms with Gasteiger partial charge in [0, 0.05) is 18.3 Å². The number of nitrogens with zero attached hydrogens (tertiary/aromatic N) is 2. The summed E-state index contributed by atoms with van der Waals surface area (Å²) in [4.78, 5) is 37.3. The molecule has 152 valence electrons. The Kier molecular flexibility index (Phi) is 5.96. The van der Waals surface area contributed by atoms with E-state index < -0.39 is 29.1 Å². The molecule has 29 heavy (non-hydrogen) atoms. The van der Waals surface area contributed by atoms with Gasteiger partial charge in [-0.1, -0.05) is 18.2 Å². The van der Waals surface area contributed by atoms with Gasteiger partial charge in [0.25, 0.3) is 11.6 Å². The minimum Gasteiger partial charge on any atom is -0.493 e. The maximum atomic E-state index is 12.6. The van der Waals surface area contributed by atoms with E-state index in [0.717, 1.165) is 30.2 Å². The Morgan fingerprint density at radius 2 is 1.83 bits per heavy atom. The lowest BCUT2D eigenvalue weighted by Crippen LogP contribution is -2.38. The Bertz CT molecular complexity index is 958. The topological polar surface area (TPSA) is 108 Å². The second kappa shape index (κ2) is 8.59. The first-order valence-electron chi connectivity index (χ1n) is 8.92. The first-order chi connectivity index (χ1) is 14.0. The van der Waals surface area contributed by atoms with Crippen LogP contribution in [0.1, 0.15) is 22.3 Å². The number of anilines is 1. The van der Waals surface area contributed by atoms with Crippen LogP contribution in [0.4, 0.5) is 11.4 Å².